The number of imidazole rings is 1. The number of nitrogens with one attached hydrogen (secondary N) is 1. The summed E-state index contributed by atoms with van der Waals surface area (Å²) in [6.07, 6.45) is 2.85. The van der Waals surface area contributed by atoms with E-state index in [1.807, 2.05) is 0 Å². The van der Waals surface area contributed by atoms with Crippen LogP contribution in [-0.2, 0) is 9.53 Å². The molecule has 1 saturated heterocycles. The molecule has 3 N–H and O–H groups in total. The number of aromatic nitrogens is 4. The molecule has 0 spiro atoms. The molecule has 3 heterocycles. The van der Waals surface area contributed by atoms with E-state index in [2.05, 4.69) is 31.3 Å². The van der Waals surface area contributed by atoms with E-state index in [0.717, 1.165) is 4.68 Å². The van der Waals surface area contributed by atoms with E-state index in [4.69, 9.17) is 10.5 Å². The fourth-order valence-corrected chi connectivity index (χ4v) is 3.40. The van der Waals surface area contributed by atoms with Crippen molar-refractivity contribution in [3.8, 4) is 5.69 Å². The third kappa shape index (κ3) is 4.06. The van der Waals surface area contributed by atoms with Gasteiger partial charge in [-0.3, -0.25) is 14.5 Å². The summed E-state index contributed by atoms with van der Waals surface area (Å²) in [5, 5.41) is 6.46. The third-order valence-corrected chi connectivity index (χ3v) is 5.34. The third-order valence-electron chi connectivity index (χ3n) is 4.73. The lowest BCUT2D eigenvalue weighted by atomic mass is 10.2. The molecule has 1 aromatic carbocycles. The lowest BCUT2D eigenvalue weighted by molar-refractivity contribution is -0.119. The molecule has 0 bridgehead atoms. The van der Waals surface area contributed by atoms with Crippen LogP contribution in [0, 0.1) is 5.82 Å². The van der Waals surface area contributed by atoms with E-state index < -0.39 is 23.9 Å². The van der Waals surface area contributed by atoms with Gasteiger partial charge >= 0.3 is 6.09 Å². The van der Waals surface area contributed by atoms with Gasteiger partial charge < -0.3 is 20.4 Å². The Morgan fingerprint density at radius 2 is 2.19 bits per heavy atom. The maximum atomic E-state index is 14.9. The highest BCUT2D eigenvalue weighted by molar-refractivity contribution is 9.10. The Hall–Kier alpha value is -3.74. The molecule has 2 amide bonds. The van der Waals surface area contributed by atoms with Crippen LogP contribution >= 0.6 is 15.9 Å². The van der Waals surface area contributed by atoms with Crippen molar-refractivity contribution in [1.29, 1.82) is 0 Å². The van der Waals surface area contributed by atoms with E-state index in [1.54, 1.807) is 6.07 Å². The summed E-state index contributed by atoms with van der Waals surface area (Å²) in [5.41, 5.74) is 6.22. The zero-order valence-corrected chi connectivity index (χ0v) is 18.2. The van der Waals surface area contributed by atoms with Gasteiger partial charge in [0.05, 0.1) is 35.1 Å². The number of nitrogens with zero attached hydrogens (tertiary/aromatic N) is 5. The molecule has 0 aliphatic carbocycles. The SMILES string of the molecule is CC(=O)NC[C@H]1CN(c2ccc(-n3cnc(C(=O)n4ncc(Br)c4N)c3)c(F)c2)C(=O)O1. The minimum absolute atomic E-state index is 0.0136. The molecule has 1 atom stereocenters. The first-order chi connectivity index (χ1) is 15.2. The average Bonchev–Trinajstić information content (AvgIpc) is 3.46. The average molecular weight is 506 g/mol. The van der Waals surface area contributed by atoms with E-state index in [9.17, 15) is 18.8 Å². The Balaban J connectivity index is 1.52. The molecule has 0 unspecified atom stereocenters. The number of nitrogens with two attached hydrogens (primary N) is 1. The number of nitrogen functional groups attached to an aromatic ring is 1. The van der Waals surface area contributed by atoms with E-state index in [1.165, 1.54) is 47.2 Å². The van der Waals surface area contributed by atoms with Crippen LogP contribution in [0.3, 0.4) is 0 Å². The summed E-state index contributed by atoms with van der Waals surface area (Å²) in [6.45, 7) is 1.70. The molecule has 11 nitrogen and oxygen atoms in total. The summed E-state index contributed by atoms with van der Waals surface area (Å²) in [6, 6.07) is 4.18. The zero-order chi connectivity index (χ0) is 23.0. The molecule has 13 heteroatoms. The van der Waals surface area contributed by atoms with Crippen molar-refractivity contribution in [3.63, 3.8) is 0 Å². The molecule has 0 saturated carbocycles. The normalized spacial score (nSPS) is 15.7. The summed E-state index contributed by atoms with van der Waals surface area (Å²) < 4.78 is 22.8. The molecular formula is C19H17BrFN7O4. The van der Waals surface area contributed by atoms with E-state index >= 15 is 0 Å². The minimum Gasteiger partial charge on any atom is -0.442 e. The highest BCUT2D eigenvalue weighted by atomic mass is 79.9. The molecule has 0 radical (unpaired) electrons. The molecule has 166 valence electrons. The van der Waals surface area contributed by atoms with Gasteiger partial charge in [0.1, 0.15) is 29.8 Å². The summed E-state index contributed by atoms with van der Waals surface area (Å²) in [4.78, 5) is 41.0. The highest BCUT2D eigenvalue weighted by Crippen LogP contribution is 2.26. The number of cyclic esters (lactones) is 1. The van der Waals surface area contributed by atoms with Crippen molar-refractivity contribution in [3.05, 3.63) is 52.9 Å². The van der Waals surface area contributed by atoms with Gasteiger partial charge in [-0.1, -0.05) is 0 Å². The number of hydrogen-bond acceptors (Lipinski definition) is 7. The van der Waals surface area contributed by atoms with Gasteiger partial charge in [-0.25, -0.2) is 14.2 Å². The summed E-state index contributed by atoms with van der Waals surface area (Å²) in [7, 11) is 0. The maximum Gasteiger partial charge on any atom is 0.414 e. The van der Waals surface area contributed by atoms with Crippen molar-refractivity contribution in [2.24, 2.45) is 0 Å². The Labute approximate surface area is 189 Å². The monoisotopic (exact) mass is 505 g/mol. The van der Waals surface area contributed by atoms with Gasteiger partial charge in [-0.05, 0) is 34.1 Å². The predicted octanol–water partition coefficient (Wildman–Crippen LogP) is 1.70. The van der Waals surface area contributed by atoms with Gasteiger partial charge in [-0.2, -0.15) is 9.78 Å². The first-order valence-electron chi connectivity index (χ1n) is 9.34. The van der Waals surface area contributed by atoms with Crippen molar-refractivity contribution in [1.82, 2.24) is 24.6 Å². The first-order valence-corrected chi connectivity index (χ1v) is 10.1. The summed E-state index contributed by atoms with van der Waals surface area (Å²) in [5.74, 6) is -1.34. The molecule has 1 aliphatic heterocycles. The van der Waals surface area contributed by atoms with Crippen LogP contribution in [0.25, 0.3) is 5.69 Å². The van der Waals surface area contributed by atoms with Crippen LogP contribution < -0.4 is 16.0 Å². The van der Waals surface area contributed by atoms with E-state index in [-0.39, 0.29) is 36.2 Å². The first kappa shape index (κ1) is 21.5. The van der Waals surface area contributed by atoms with Gasteiger partial charge in [-0.15, -0.1) is 0 Å². The number of amides is 2. The molecule has 2 aromatic heterocycles. The lowest BCUT2D eigenvalue weighted by Gasteiger charge is -2.14. The van der Waals surface area contributed by atoms with Crippen LogP contribution in [0.15, 0.2) is 41.4 Å². The largest absolute Gasteiger partial charge is 0.442 e. The number of carbonyl (C=O) groups is 3. The fraction of sp³-hybridized carbons (Fsp3) is 0.211. The second-order valence-electron chi connectivity index (χ2n) is 6.95. The van der Waals surface area contributed by atoms with Crippen molar-refractivity contribution >= 4 is 45.3 Å². The number of rotatable bonds is 5. The van der Waals surface area contributed by atoms with Crippen LogP contribution in [0.4, 0.5) is 20.7 Å². The van der Waals surface area contributed by atoms with Gasteiger partial charge in [0.2, 0.25) is 5.91 Å². The molecular weight excluding hydrogens is 489 g/mol. The van der Waals surface area contributed by atoms with Crippen LogP contribution in [0.1, 0.15) is 17.4 Å². The minimum atomic E-state index is -0.640. The molecule has 4 rings (SSSR count). The zero-order valence-electron chi connectivity index (χ0n) is 16.7. The number of benzene rings is 1. The van der Waals surface area contributed by atoms with Gasteiger partial charge in [0, 0.05) is 13.1 Å². The van der Waals surface area contributed by atoms with Crippen LogP contribution in [0.2, 0.25) is 0 Å². The summed E-state index contributed by atoms with van der Waals surface area (Å²) >= 11 is 3.17. The van der Waals surface area contributed by atoms with Crippen LogP contribution in [-0.4, -0.2) is 56.4 Å². The second-order valence-corrected chi connectivity index (χ2v) is 7.80. The van der Waals surface area contributed by atoms with Crippen LogP contribution in [0.5, 0.6) is 0 Å². The fourth-order valence-electron chi connectivity index (χ4n) is 3.14. The molecule has 1 fully saturated rings. The Kier molecular flexibility index (Phi) is 5.65. The number of anilines is 2. The number of ether oxygens (including phenoxy) is 1. The molecule has 32 heavy (non-hydrogen) atoms. The Bertz CT molecular complexity index is 1220. The number of halogens is 2. The Morgan fingerprint density at radius 1 is 1.41 bits per heavy atom. The standard InChI is InChI=1S/C19H17BrFN7O4/c1-10(29)23-5-12-7-27(19(31)32-12)11-2-3-16(14(21)4-11)26-8-15(24-9-26)18(30)28-17(22)13(20)6-25-28/h2-4,6,8-9,12H,5,7,22H2,1H3,(H,23,29)/t12-/m0/s1. The van der Waals surface area contributed by atoms with E-state index in [0.29, 0.717) is 10.2 Å². The Morgan fingerprint density at radius 3 is 2.84 bits per heavy atom. The number of carbonyl (C=O) groups excluding carboxylic acids is 3. The molecule has 1 aliphatic rings. The second kappa shape index (κ2) is 8.42. The predicted molar refractivity (Wildman–Crippen MR) is 114 cm³/mol. The van der Waals surface area contributed by atoms with Crippen molar-refractivity contribution in [2.45, 2.75) is 13.0 Å². The van der Waals surface area contributed by atoms with Crippen molar-refractivity contribution < 1.29 is 23.5 Å². The number of hydrogen-bond donors (Lipinski definition) is 2. The smallest absolute Gasteiger partial charge is 0.414 e. The highest BCUT2D eigenvalue weighted by Gasteiger charge is 2.32. The topological polar surface area (TPSA) is 137 Å². The van der Waals surface area contributed by atoms with Gasteiger partial charge in [0.25, 0.3) is 5.91 Å². The quantitative estimate of drug-likeness (QED) is 0.538. The molecule has 3 aromatic rings. The van der Waals surface area contributed by atoms with Gasteiger partial charge in [0.15, 0.2) is 0 Å². The lowest BCUT2D eigenvalue weighted by Crippen LogP contribution is -2.33. The maximum absolute atomic E-state index is 14.9. The van der Waals surface area contributed by atoms with Crippen molar-refractivity contribution in [2.75, 3.05) is 23.7 Å².